The van der Waals surface area contributed by atoms with Gasteiger partial charge in [-0.2, -0.15) is 5.26 Å². The van der Waals surface area contributed by atoms with Crippen LogP contribution in [0.4, 0.5) is 0 Å². The number of aromatic nitrogens is 2. The molecule has 1 aromatic carbocycles. The maximum atomic E-state index is 12.1. The van der Waals surface area contributed by atoms with E-state index in [2.05, 4.69) is 15.6 Å². The molecule has 142 valence electrons. The summed E-state index contributed by atoms with van der Waals surface area (Å²) in [5.74, 6) is 0.102. The van der Waals surface area contributed by atoms with Gasteiger partial charge < -0.3 is 9.30 Å². The molecule has 0 N–H and O–H groups in total. The van der Waals surface area contributed by atoms with E-state index in [0.29, 0.717) is 18.5 Å². The van der Waals surface area contributed by atoms with Crippen molar-refractivity contribution in [3.63, 3.8) is 0 Å². The van der Waals surface area contributed by atoms with Gasteiger partial charge in [-0.1, -0.05) is 6.07 Å². The van der Waals surface area contributed by atoms with E-state index in [1.807, 2.05) is 50.2 Å². The summed E-state index contributed by atoms with van der Waals surface area (Å²) in [6.45, 7) is 4.43. The number of pyridine rings is 1. The first kappa shape index (κ1) is 18.2. The van der Waals surface area contributed by atoms with Crippen LogP contribution >= 0.6 is 0 Å². The van der Waals surface area contributed by atoms with Crippen LogP contribution in [0.5, 0.6) is 0 Å². The summed E-state index contributed by atoms with van der Waals surface area (Å²) in [6, 6.07) is 14.0. The molecule has 3 aromatic rings. The first-order chi connectivity index (χ1) is 13.5. The first-order valence-corrected chi connectivity index (χ1v) is 9.68. The minimum atomic E-state index is -0.136. The van der Waals surface area contributed by atoms with Crippen molar-refractivity contribution in [2.75, 3.05) is 0 Å². The SMILES string of the molecule is CC(C)OC(=O)CC1Cc2c(n(Cc3ccccn3)c3ccc(C#N)cc23)C1. The largest absolute Gasteiger partial charge is 0.463 e. The smallest absolute Gasteiger partial charge is 0.306 e. The number of esters is 1. The van der Waals surface area contributed by atoms with Gasteiger partial charge in [0.2, 0.25) is 0 Å². The van der Waals surface area contributed by atoms with Crippen molar-refractivity contribution < 1.29 is 9.53 Å². The van der Waals surface area contributed by atoms with E-state index in [0.717, 1.165) is 29.4 Å². The molecule has 5 heteroatoms. The Hall–Kier alpha value is -3.13. The summed E-state index contributed by atoms with van der Waals surface area (Å²) >= 11 is 0. The number of nitriles is 1. The highest BCUT2D eigenvalue weighted by molar-refractivity contribution is 5.88. The van der Waals surface area contributed by atoms with E-state index in [1.54, 1.807) is 6.20 Å². The topological polar surface area (TPSA) is 67.9 Å². The molecule has 2 heterocycles. The molecule has 1 aliphatic carbocycles. The van der Waals surface area contributed by atoms with Crippen LogP contribution in [0.15, 0.2) is 42.6 Å². The fourth-order valence-corrected chi connectivity index (χ4v) is 4.17. The van der Waals surface area contributed by atoms with Crippen LogP contribution in [-0.2, 0) is 28.9 Å². The second kappa shape index (κ2) is 7.47. The molecular weight excluding hydrogens is 350 g/mol. The molecule has 0 aliphatic heterocycles. The van der Waals surface area contributed by atoms with Gasteiger partial charge in [-0.15, -0.1) is 0 Å². The lowest BCUT2D eigenvalue weighted by atomic mass is 10.0. The highest BCUT2D eigenvalue weighted by Crippen LogP contribution is 2.38. The zero-order valence-electron chi connectivity index (χ0n) is 16.2. The van der Waals surface area contributed by atoms with E-state index in [-0.39, 0.29) is 18.0 Å². The number of nitrogens with zero attached hydrogens (tertiary/aromatic N) is 3. The summed E-state index contributed by atoms with van der Waals surface area (Å²) < 4.78 is 7.63. The quantitative estimate of drug-likeness (QED) is 0.634. The predicted molar refractivity (Wildman–Crippen MR) is 107 cm³/mol. The first-order valence-electron chi connectivity index (χ1n) is 9.68. The Labute approximate surface area is 164 Å². The molecule has 2 aromatic heterocycles. The number of benzene rings is 1. The zero-order chi connectivity index (χ0) is 19.7. The van der Waals surface area contributed by atoms with Gasteiger partial charge in [0.25, 0.3) is 0 Å². The van der Waals surface area contributed by atoms with E-state index in [1.165, 1.54) is 11.3 Å². The molecule has 0 saturated carbocycles. The number of ether oxygens (including phenoxy) is 1. The van der Waals surface area contributed by atoms with Crippen LogP contribution in [0.25, 0.3) is 10.9 Å². The van der Waals surface area contributed by atoms with Gasteiger partial charge in [0.1, 0.15) is 0 Å². The molecule has 0 amide bonds. The molecule has 4 rings (SSSR count). The number of fused-ring (bicyclic) bond motifs is 3. The summed E-state index contributed by atoms with van der Waals surface area (Å²) in [5.41, 5.74) is 5.28. The van der Waals surface area contributed by atoms with Crippen molar-refractivity contribution in [2.45, 2.75) is 45.8 Å². The maximum absolute atomic E-state index is 12.1. The Morgan fingerprint density at radius 3 is 2.89 bits per heavy atom. The van der Waals surface area contributed by atoms with Crippen LogP contribution in [0.2, 0.25) is 0 Å². The fourth-order valence-electron chi connectivity index (χ4n) is 4.17. The summed E-state index contributed by atoms with van der Waals surface area (Å²) in [4.78, 5) is 16.6. The maximum Gasteiger partial charge on any atom is 0.306 e. The molecular formula is C23H23N3O2. The minimum absolute atomic E-state index is 0.0896. The second-order valence-electron chi connectivity index (χ2n) is 7.69. The standard InChI is InChI=1S/C23H23N3O2/c1-15(2)28-23(27)12-17-10-20-19-9-16(13-24)6-7-21(19)26(22(20)11-17)14-18-5-3-4-8-25-18/h3-9,15,17H,10-12,14H2,1-2H3. The fraction of sp³-hybridized carbons (Fsp3) is 0.348. The van der Waals surface area contributed by atoms with Gasteiger partial charge >= 0.3 is 5.97 Å². The van der Waals surface area contributed by atoms with E-state index in [4.69, 9.17) is 4.74 Å². The highest BCUT2D eigenvalue weighted by Gasteiger charge is 2.30. The van der Waals surface area contributed by atoms with Crippen LogP contribution in [0.3, 0.4) is 0 Å². The normalized spacial score (nSPS) is 15.6. The molecule has 0 fully saturated rings. The third-order valence-corrected chi connectivity index (χ3v) is 5.26. The van der Waals surface area contributed by atoms with E-state index < -0.39 is 0 Å². The number of rotatable bonds is 5. The van der Waals surface area contributed by atoms with Crippen molar-refractivity contribution >= 4 is 16.9 Å². The Bertz CT molecular complexity index is 1060. The van der Waals surface area contributed by atoms with Crippen molar-refractivity contribution in [2.24, 2.45) is 5.92 Å². The Balaban J connectivity index is 1.69. The lowest BCUT2D eigenvalue weighted by Gasteiger charge is -2.14. The van der Waals surface area contributed by atoms with Gasteiger partial charge in [0, 0.05) is 29.2 Å². The van der Waals surface area contributed by atoms with Crippen LogP contribution in [-0.4, -0.2) is 21.6 Å². The average molecular weight is 373 g/mol. The zero-order valence-corrected chi connectivity index (χ0v) is 16.2. The molecule has 0 bridgehead atoms. The molecule has 28 heavy (non-hydrogen) atoms. The summed E-state index contributed by atoms with van der Waals surface area (Å²) in [5, 5.41) is 10.4. The van der Waals surface area contributed by atoms with E-state index in [9.17, 15) is 10.1 Å². The predicted octanol–water partition coefficient (Wildman–Crippen LogP) is 4.01. The van der Waals surface area contributed by atoms with Gasteiger partial charge in [0.05, 0.1) is 30.0 Å². The van der Waals surface area contributed by atoms with Gasteiger partial charge in [0.15, 0.2) is 0 Å². The summed E-state index contributed by atoms with van der Waals surface area (Å²) in [6.07, 6.45) is 3.82. The van der Waals surface area contributed by atoms with Crippen molar-refractivity contribution in [3.8, 4) is 6.07 Å². The Morgan fingerprint density at radius 2 is 2.18 bits per heavy atom. The monoisotopic (exact) mass is 373 g/mol. The number of carbonyl (C=O) groups is 1. The average Bonchev–Trinajstić information content (AvgIpc) is 3.19. The third-order valence-electron chi connectivity index (χ3n) is 5.26. The second-order valence-corrected chi connectivity index (χ2v) is 7.69. The van der Waals surface area contributed by atoms with Gasteiger partial charge in [-0.3, -0.25) is 9.78 Å². The van der Waals surface area contributed by atoms with Crippen molar-refractivity contribution in [1.29, 1.82) is 5.26 Å². The van der Waals surface area contributed by atoms with Gasteiger partial charge in [-0.05, 0) is 68.5 Å². The Kier molecular flexibility index (Phi) is 4.87. The molecule has 0 radical (unpaired) electrons. The molecule has 0 saturated heterocycles. The minimum Gasteiger partial charge on any atom is -0.463 e. The number of hydrogen-bond acceptors (Lipinski definition) is 4. The van der Waals surface area contributed by atoms with E-state index >= 15 is 0 Å². The number of carbonyl (C=O) groups excluding carboxylic acids is 1. The highest BCUT2D eigenvalue weighted by atomic mass is 16.5. The molecule has 1 unspecified atom stereocenters. The lowest BCUT2D eigenvalue weighted by Crippen LogP contribution is -2.16. The van der Waals surface area contributed by atoms with Gasteiger partial charge in [-0.25, -0.2) is 0 Å². The molecule has 5 nitrogen and oxygen atoms in total. The lowest BCUT2D eigenvalue weighted by molar-refractivity contribution is -0.148. The van der Waals surface area contributed by atoms with Crippen molar-refractivity contribution in [3.05, 3.63) is 65.1 Å². The number of hydrogen-bond donors (Lipinski definition) is 0. The van der Waals surface area contributed by atoms with Crippen LogP contribution in [0.1, 0.15) is 42.8 Å². The van der Waals surface area contributed by atoms with Crippen LogP contribution < -0.4 is 0 Å². The third kappa shape index (κ3) is 3.50. The Morgan fingerprint density at radius 1 is 1.32 bits per heavy atom. The molecule has 1 aliphatic rings. The van der Waals surface area contributed by atoms with Crippen LogP contribution in [0, 0.1) is 17.2 Å². The molecule has 0 spiro atoms. The molecule has 1 atom stereocenters. The van der Waals surface area contributed by atoms with Crippen molar-refractivity contribution in [1.82, 2.24) is 9.55 Å². The summed E-state index contributed by atoms with van der Waals surface area (Å²) in [7, 11) is 0.